The van der Waals surface area contributed by atoms with Crippen LogP contribution >= 0.6 is 11.8 Å². The van der Waals surface area contributed by atoms with E-state index in [0.717, 1.165) is 40.3 Å². The van der Waals surface area contributed by atoms with Gasteiger partial charge in [-0.15, -0.1) is 16.9 Å². The molecular formula is C24H22N4O2S. The van der Waals surface area contributed by atoms with Crippen LogP contribution in [0.3, 0.4) is 0 Å². The third-order valence-corrected chi connectivity index (χ3v) is 6.60. The quantitative estimate of drug-likeness (QED) is 0.502. The molecule has 2 heterocycles. The second kappa shape index (κ2) is 8.81. The number of carbonyl (C=O) groups excluding carboxylic acids is 1. The minimum Gasteiger partial charge on any atom is -0.457 e. The number of nitrogens with one attached hydrogen (secondary N) is 1. The fourth-order valence-corrected chi connectivity index (χ4v) is 4.96. The fraction of sp³-hybridized carbons (Fsp3) is 0.208. The number of carbonyl (C=O) groups is 1. The highest BCUT2D eigenvalue weighted by atomic mass is 32.2. The molecule has 6 nitrogen and oxygen atoms in total. The van der Waals surface area contributed by atoms with E-state index in [2.05, 4.69) is 15.6 Å². The fourth-order valence-electron chi connectivity index (χ4n) is 3.73. The highest BCUT2D eigenvalue weighted by molar-refractivity contribution is 8.00. The summed E-state index contributed by atoms with van der Waals surface area (Å²) in [6, 6.07) is 25.4. The maximum atomic E-state index is 13.0. The molecule has 0 bridgehead atoms. The van der Waals surface area contributed by atoms with Crippen molar-refractivity contribution in [2.75, 3.05) is 5.75 Å². The van der Waals surface area contributed by atoms with Gasteiger partial charge in [-0.05, 0) is 54.1 Å². The molecular weight excluding hydrogens is 408 g/mol. The molecule has 1 aliphatic heterocycles. The number of thioether (sulfide) groups is 1. The largest absolute Gasteiger partial charge is 0.457 e. The van der Waals surface area contributed by atoms with Gasteiger partial charge in [0.1, 0.15) is 22.3 Å². The van der Waals surface area contributed by atoms with E-state index >= 15 is 0 Å². The summed E-state index contributed by atoms with van der Waals surface area (Å²) in [6.07, 6.45) is 0.885. The molecule has 7 heteroatoms. The van der Waals surface area contributed by atoms with Gasteiger partial charge in [-0.2, -0.15) is 0 Å². The Morgan fingerprint density at radius 2 is 1.71 bits per heavy atom. The molecule has 0 unspecified atom stereocenters. The van der Waals surface area contributed by atoms with E-state index in [1.54, 1.807) is 11.8 Å². The van der Waals surface area contributed by atoms with E-state index in [9.17, 15) is 4.79 Å². The van der Waals surface area contributed by atoms with Crippen molar-refractivity contribution in [3.8, 4) is 11.5 Å². The Balaban J connectivity index is 1.26. The molecule has 1 fully saturated rings. The number of rotatable bonds is 5. The van der Waals surface area contributed by atoms with Gasteiger partial charge >= 0.3 is 0 Å². The second-order valence-corrected chi connectivity index (χ2v) is 8.70. The Hall–Kier alpha value is -3.32. The van der Waals surface area contributed by atoms with Crippen LogP contribution in [-0.4, -0.2) is 32.7 Å². The van der Waals surface area contributed by atoms with Crippen molar-refractivity contribution in [3.05, 3.63) is 84.4 Å². The SMILES string of the molecule is O=C1N[C@H](Cn2nnc3ccccc32)CCS[C@@H]1c1ccc(Oc2ccccc2)cc1. The lowest BCUT2D eigenvalue weighted by Crippen LogP contribution is -2.38. The Bertz CT molecular complexity index is 1180. The maximum absolute atomic E-state index is 13.0. The Labute approximate surface area is 184 Å². The van der Waals surface area contributed by atoms with E-state index in [4.69, 9.17) is 4.74 Å². The van der Waals surface area contributed by atoms with Crippen molar-refractivity contribution >= 4 is 28.7 Å². The first-order chi connectivity index (χ1) is 15.3. The average Bonchev–Trinajstić information content (AvgIpc) is 3.11. The molecule has 0 spiro atoms. The molecule has 1 aliphatic rings. The monoisotopic (exact) mass is 430 g/mol. The van der Waals surface area contributed by atoms with E-state index in [0.29, 0.717) is 6.54 Å². The van der Waals surface area contributed by atoms with Gasteiger partial charge in [0.2, 0.25) is 5.91 Å². The zero-order valence-electron chi connectivity index (χ0n) is 16.8. The summed E-state index contributed by atoms with van der Waals surface area (Å²) in [4.78, 5) is 13.0. The van der Waals surface area contributed by atoms with Gasteiger partial charge in [0, 0.05) is 6.04 Å². The van der Waals surface area contributed by atoms with E-state index in [1.807, 2.05) is 83.5 Å². The molecule has 0 saturated carbocycles. The van der Waals surface area contributed by atoms with Crippen LogP contribution in [-0.2, 0) is 11.3 Å². The Kier molecular flexibility index (Phi) is 5.58. The molecule has 2 atom stereocenters. The van der Waals surface area contributed by atoms with Gasteiger partial charge in [-0.3, -0.25) is 4.79 Å². The molecule has 4 aromatic rings. The Morgan fingerprint density at radius 1 is 0.968 bits per heavy atom. The second-order valence-electron chi connectivity index (χ2n) is 7.49. The molecule has 3 aromatic carbocycles. The number of para-hydroxylation sites is 2. The van der Waals surface area contributed by atoms with Crippen LogP contribution < -0.4 is 10.1 Å². The van der Waals surface area contributed by atoms with Crippen LogP contribution in [0.4, 0.5) is 0 Å². The van der Waals surface area contributed by atoms with Crippen molar-refractivity contribution in [2.45, 2.75) is 24.3 Å². The molecule has 31 heavy (non-hydrogen) atoms. The number of nitrogens with zero attached hydrogens (tertiary/aromatic N) is 3. The van der Waals surface area contributed by atoms with Gasteiger partial charge in [0.05, 0.1) is 12.1 Å². The summed E-state index contributed by atoms with van der Waals surface area (Å²) in [6.45, 7) is 0.614. The van der Waals surface area contributed by atoms with Gasteiger partial charge in [-0.1, -0.05) is 47.7 Å². The highest BCUT2D eigenvalue weighted by Crippen LogP contribution is 2.34. The number of aromatic nitrogens is 3. The summed E-state index contributed by atoms with van der Waals surface area (Å²) in [5, 5.41) is 11.4. The third-order valence-electron chi connectivity index (χ3n) is 5.31. The van der Waals surface area contributed by atoms with Crippen LogP contribution in [0.15, 0.2) is 78.9 Å². The molecule has 0 radical (unpaired) electrons. The number of amides is 1. The molecule has 156 valence electrons. The molecule has 1 amide bonds. The van der Waals surface area contributed by atoms with Gasteiger partial charge < -0.3 is 10.1 Å². The summed E-state index contributed by atoms with van der Waals surface area (Å²) in [5.74, 6) is 2.47. The normalized spacial score (nSPS) is 19.0. The summed E-state index contributed by atoms with van der Waals surface area (Å²) >= 11 is 1.68. The Morgan fingerprint density at radius 3 is 2.55 bits per heavy atom. The first-order valence-corrected chi connectivity index (χ1v) is 11.3. The number of hydrogen-bond donors (Lipinski definition) is 1. The predicted octanol–water partition coefficient (Wildman–Crippen LogP) is 4.59. The minimum absolute atomic E-state index is 0.0239. The maximum Gasteiger partial charge on any atom is 0.237 e. The van der Waals surface area contributed by atoms with Crippen LogP contribution in [0.5, 0.6) is 11.5 Å². The molecule has 1 aromatic heterocycles. The average molecular weight is 431 g/mol. The molecule has 5 rings (SSSR count). The third kappa shape index (κ3) is 4.41. The lowest BCUT2D eigenvalue weighted by molar-refractivity contribution is -0.121. The van der Waals surface area contributed by atoms with Crippen LogP contribution in [0.25, 0.3) is 11.0 Å². The number of hydrogen-bond acceptors (Lipinski definition) is 5. The van der Waals surface area contributed by atoms with Gasteiger partial charge in [-0.25, -0.2) is 4.68 Å². The van der Waals surface area contributed by atoms with Gasteiger partial charge in [0.25, 0.3) is 0 Å². The van der Waals surface area contributed by atoms with Crippen molar-refractivity contribution < 1.29 is 9.53 Å². The van der Waals surface area contributed by atoms with Crippen molar-refractivity contribution in [2.24, 2.45) is 0 Å². The number of benzene rings is 3. The highest BCUT2D eigenvalue weighted by Gasteiger charge is 2.28. The lowest BCUT2D eigenvalue weighted by atomic mass is 10.1. The minimum atomic E-state index is -0.233. The van der Waals surface area contributed by atoms with Crippen molar-refractivity contribution in [1.29, 1.82) is 0 Å². The van der Waals surface area contributed by atoms with Crippen molar-refractivity contribution in [3.63, 3.8) is 0 Å². The van der Waals surface area contributed by atoms with Gasteiger partial charge in [0.15, 0.2) is 0 Å². The first kappa shape index (κ1) is 19.6. The summed E-state index contributed by atoms with van der Waals surface area (Å²) in [5.41, 5.74) is 2.83. The van der Waals surface area contributed by atoms with E-state index in [1.165, 1.54) is 0 Å². The molecule has 0 aliphatic carbocycles. The zero-order chi connectivity index (χ0) is 21.0. The number of ether oxygens (including phenoxy) is 1. The van der Waals surface area contributed by atoms with Crippen molar-refractivity contribution in [1.82, 2.24) is 20.3 Å². The lowest BCUT2D eigenvalue weighted by Gasteiger charge is -2.17. The smallest absolute Gasteiger partial charge is 0.237 e. The topological polar surface area (TPSA) is 69.0 Å². The number of fused-ring (bicyclic) bond motifs is 1. The first-order valence-electron chi connectivity index (χ1n) is 10.3. The van der Waals surface area contributed by atoms with E-state index < -0.39 is 0 Å². The summed E-state index contributed by atoms with van der Waals surface area (Å²) in [7, 11) is 0. The molecule has 1 N–H and O–H groups in total. The zero-order valence-corrected chi connectivity index (χ0v) is 17.7. The van der Waals surface area contributed by atoms with E-state index in [-0.39, 0.29) is 17.2 Å². The molecule has 1 saturated heterocycles. The van der Waals surface area contributed by atoms with Crippen LogP contribution in [0.2, 0.25) is 0 Å². The standard InChI is InChI=1S/C24H22N4O2S/c29-24-23(17-10-12-20(13-11-17)30-19-6-2-1-3-7-19)31-15-14-18(25-24)16-28-22-9-5-4-8-21(22)26-27-28/h1-13,18,23H,14-16H2,(H,25,29)/t18-,23+/m0/s1. The predicted molar refractivity (Wildman–Crippen MR) is 122 cm³/mol. The van der Waals surface area contributed by atoms with Crippen LogP contribution in [0, 0.1) is 0 Å². The summed E-state index contributed by atoms with van der Waals surface area (Å²) < 4.78 is 7.74. The van der Waals surface area contributed by atoms with Crippen LogP contribution in [0.1, 0.15) is 17.2 Å².